The van der Waals surface area contributed by atoms with E-state index in [1.54, 1.807) is 0 Å². The standard InChI is InChI=1S/C12H25NO2/c1-4-7-8-9-11(13-5-2)10-12(14)15-6-3/h11,13H,4-10H2,1-3H3. The quantitative estimate of drug-likeness (QED) is 0.474. The Kier molecular flexibility index (Phi) is 9.59. The predicted octanol–water partition coefficient (Wildman–Crippen LogP) is 2.50. The summed E-state index contributed by atoms with van der Waals surface area (Å²) >= 11 is 0. The average molecular weight is 215 g/mol. The van der Waals surface area contributed by atoms with Gasteiger partial charge in [-0.15, -0.1) is 0 Å². The fourth-order valence-corrected chi connectivity index (χ4v) is 1.63. The van der Waals surface area contributed by atoms with Crippen LogP contribution in [0.5, 0.6) is 0 Å². The zero-order chi connectivity index (χ0) is 11.5. The maximum Gasteiger partial charge on any atom is 0.307 e. The summed E-state index contributed by atoms with van der Waals surface area (Å²) in [4.78, 5) is 11.3. The van der Waals surface area contributed by atoms with E-state index in [-0.39, 0.29) is 5.97 Å². The lowest BCUT2D eigenvalue weighted by atomic mass is 10.1. The number of esters is 1. The van der Waals surface area contributed by atoms with Gasteiger partial charge in [-0.25, -0.2) is 0 Å². The van der Waals surface area contributed by atoms with Crippen LogP contribution in [-0.4, -0.2) is 25.2 Å². The van der Waals surface area contributed by atoms with E-state index in [0.29, 0.717) is 19.1 Å². The number of nitrogens with one attached hydrogen (secondary N) is 1. The molecule has 0 aromatic carbocycles. The summed E-state index contributed by atoms with van der Waals surface area (Å²) in [5, 5.41) is 3.33. The van der Waals surface area contributed by atoms with Crippen molar-refractivity contribution < 1.29 is 9.53 Å². The molecule has 1 unspecified atom stereocenters. The highest BCUT2D eigenvalue weighted by Gasteiger charge is 2.12. The van der Waals surface area contributed by atoms with Crippen LogP contribution in [0.4, 0.5) is 0 Å². The van der Waals surface area contributed by atoms with Gasteiger partial charge in [0.15, 0.2) is 0 Å². The lowest BCUT2D eigenvalue weighted by Gasteiger charge is -2.16. The SMILES string of the molecule is CCCCCC(CC(=O)OCC)NCC. The molecule has 15 heavy (non-hydrogen) atoms. The van der Waals surface area contributed by atoms with Crippen LogP contribution < -0.4 is 5.32 Å². The number of carbonyl (C=O) groups is 1. The Hall–Kier alpha value is -0.570. The molecule has 0 saturated heterocycles. The molecule has 0 aromatic heterocycles. The van der Waals surface area contributed by atoms with E-state index in [0.717, 1.165) is 13.0 Å². The predicted molar refractivity (Wildman–Crippen MR) is 62.9 cm³/mol. The summed E-state index contributed by atoms with van der Waals surface area (Å²) in [5.74, 6) is -0.0834. The van der Waals surface area contributed by atoms with Gasteiger partial charge in [-0.3, -0.25) is 4.79 Å². The average Bonchev–Trinajstić information content (AvgIpc) is 2.18. The fraction of sp³-hybridized carbons (Fsp3) is 0.917. The molecule has 3 nitrogen and oxygen atoms in total. The monoisotopic (exact) mass is 215 g/mol. The number of rotatable bonds is 9. The summed E-state index contributed by atoms with van der Waals surface area (Å²) in [5.41, 5.74) is 0. The van der Waals surface area contributed by atoms with Gasteiger partial charge in [0.25, 0.3) is 0 Å². The van der Waals surface area contributed by atoms with Crippen LogP contribution in [-0.2, 0) is 9.53 Å². The van der Waals surface area contributed by atoms with Gasteiger partial charge in [-0.2, -0.15) is 0 Å². The summed E-state index contributed by atoms with van der Waals surface area (Å²) in [6, 6.07) is 0.292. The molecular formula is C12H25NO2. The Labute approximate surface area is 93.6 Å². The third kappa shape index (κ3) is 8.43. The number of carbonyl (C=O) groups excluding carboxylic acids is 1. The fourth-order valence-electron chi connectivity index (χ4n) is 1.63. The van der Waals surface area contributed by atoms with E-state index in [1.165, 1.54) is 19.3 Å². The molecule has 0 saturated carbocycles. The number of hydrogen-bond donors (Lipinski definition) is 1. The molecule has 0 amide bonds. The van der Waals surface area contributed by atoms with Crippen LogP contribution >= 0.6 is 0 Å². The third-order valence-electron chi connectivity index (χ3n) is 2.37. The third-order valence-corrected chi connectivity index (χ3v) is 2.37. The van der Waals surface area contributed by atoms with E-state index in [9.17, 15) is 4.79 Å². The van der Waals surface area contributed by atoms with Crippen molar-refractivity contribution in [1.29, 1.82) is 0 Å². The van der Waals surface area contributed by atoms with E-state index in [1.807, 2.05) is 6.92 Å². The Balaban J connectivity index is 3.75. The van der Waals surface area contributed by atoms with Gasteiger partial charge in [0, 0.05) is 6.04 Å². The Morgan fingerprint density at radius 3 is 2.53 bits per heavy atom. The highest BCUT2D eigenvalue weighted by atomic mass is 16.5. The first kappa shape index (κ1) is 14.4. The molecule has 0 aliphatic rings. The summed E-state index contributed by atoms with van der Waals surface area (Å²) in [7, 11) is 0. The largest absolute Gasteiger partial charge is 0.466 e. The smallest absolute Gasteiger partial charge is 0.307 e. The molecule has 0 bridgehead atoms. The normalized spacial score (nSPS) is 12.5. The molecule has 1 N–H and O–H groups in total. The highest BCUT2D eigenvalue weighted by Crippen LogP contribution is 2.07. The van der Waals surface area contributed by atoms with Crippen LogP contribution in [0.2, 0.25) is 0 Å². The van der Waals surface area contributed by atoms with Crippen LogP contribution in [0.1, 0.15) is 52.9 Å². The van der Waals surface area contributed by atoms with E-state index in [2.05, 4.69) is 19.2 Å². The van der Waals surface area contributed by atoms with E-state index in [4.69, 9.17) is 4.74 Å². The van der Waals surface area contributed by atoms with Gasteiger partial charge in [0.1, 0.15) is 0 Å². The summed E-state index contributed by atoms with van der Waals surface area (Å²) in [6.07, 6.45) is 5.22. The van der Waals surface area contributed by atoms with Crippen molar-refractivity contribution in [3.8, 4) is 0 Å². The first-order valence-electron chi connectivity index (χ1n) is 6.13. The molecule has 3 heteroatoms. The second kappa shape index (κ2) is 9.97. The minimum atomic E-state index is -0.0834. The molecular weight excluding hydrogens is 190 g/mol. The number of ether oxygens (including phenoxy) is 1. The number of hydrogen-bond acceptors (Lipinski definition) is 3. The molecule has 1 atom stereocenters. The molecule has 90 valence electrons. The van der Waals surface area contributed by atoms with Crippen molar-refractivity contribution in [2.75, 3.05) is 13.2 Å². The molecule has 0 aliphatic heterocycles. The molecule has 0 radical (unpaired) electrons. The molecule has 0 spiro atoms. The van der Waals surface area contributed by atoms with Crippen molar-refractivity contribution >= 4 is 5.97 Å². The second-order valence-electron chi connectivity index (χ2n) is 3.76. The van der Waals surface area contributed by atoms with Gasteiger partial charge in [-0.1, -0.05) is 33.1 Å². The van der Waals surface area contributed by atoms with Crippen LogP contribution in [0.25, 0.3) is 0 Å². The van der Waals surface area contributed by atoms with Crippen LogP contribution in [0, 0.1) is 0 Å². The van der Waals surface area contributed by atoms with Crippen molar-refractivity contribution in [3.05, 3.63) is 0 Å². The van der Waals surface area contributed by atoms with E-state index < -0.39 is 0 Å². The van der Waals surface area contributed by atoms with Crippen molar-refractivity contribution in [3.63, 3.8) is 0 Å². The minimum absolute atomic E-state index is 0.0834. The topological polar surface area (TPSA) is 38.3 Å². The first-order chi connectivity index (χ1) is 7.24. The Morgan fingerprint density at radius 2 is 2.00 bits per heavy atom. The molecule has 0 fully saturated rings. The second-order valence-corrected chi connectivity index (χ2v) is 3.76. The molecule has 0 aliphatic carbocycles. The van der Waals surface area contributed by atoms with Crippen molar-refractivity contribution in [1.82, 2.24) is 5.32 Å². The zero-order valence-corrected chi connectivity index (χ0v) is 10.3. The van der Waals surface area contributed by atoms with Crippen LogP contribution in [0.15, 0.2) is 0 Å². The van der Waals surface area contributed by atoms with E-state index >= 15 is 0 Å². The van der Waals surface area contributed by atoms with Gasteiger partial charge < -0.3 is 10.1 Å². The lowest BCUT2D eigenvalue weighted by molar-refractivity contribution is -0.143. The van der Waals surface area contributed by atoms with Crippen LogP contribution in [0.3, 0.4) is 0 Å². The summed E-state index contributed by atoms with van der Waals surface area (Å²) in [6.45, 7) is 7.49. The molecule has 0 aromatic rings. The summed E-state index contributed by atoms with van der Waals surface area (Å²) < 4.78 is 4.95. The highest BCUT2D eigenvalue weighted by molar-refractivity contribution is 5.70. The van der Waals surface area contributed by atoms with Gasteiger partial charge in [-0.05, 0) is 19.9 Å². The first-order valence-corrected chi connectivity index (χ1v) is 6.13. The van der Waals surface area contributed by atoms with Crippen molar-refractivity contribution in [2.24, 2.45) is 0 Å². The number of unbranched alkanes of at least 4 members (excludes halogenated alkanes) is 2. The van der Waals surface area contributed by atoms with Gasteiger partial charge >= 0.3 is 5.97 Å². The van der Waals surface area contributed by atoms with Crippen molar-refractivity contribution in [2.45, 2.75) is 58.9 Å². The van der Waals surface area contributed by atoms with Gasteiger partial charge in [0.2, 0.25) is 0 Å². The Morgan fingerprint density at radius 1 is 1.27 bits per heavy atom. The minimum Gasteiger partial charge on any atom is -0.466 e. The zero-order valence-electron chi connectivity index (χ0n) is 10.3. The molecule has 0 rings (SSSR count). The van der Waals surface area contributed by atoms with Gasteiger partial charge in [0.05, 0.1) is 13.0 Å². The maximum absolute atomic E-state index is 11.3. The molecule has 0 heterocycles. The maximum atomic E-state index is 11.3. The lowest BCUT2D eigenvalue weighted by Crippen LogP contribution is -2.31. The Bertz CT molecular complexity index is 160.